The van der Waals surface area contributed by atoms with Crippen LogP contribution in [0.15, 0.2) is 0 Å². The maximum Gasteiger partial charge on any atom is 0.422 e. The van der Waals surface area contributed by atoms with Crippen molar-refractivity contribution in [1.29, 1.82) is 0 Å². The molecule has 0 aromatic rings. The van der Waals surface area contributed by atoms with Crippen LogP contribution in [-0.2, 0) is 14.2 Å². The minimum absolute atomic E-state index is 0.127. The lowest BCUT2D eigenvalue weighted by Crippen LogP contribution is -2.65. The van der Waals surface area contributed by atoms with E-state index < -0.39 is 66.1 Å². The number of hydrogen-bond acceptors (Lipinski definition) is 5. The molecule has 0 aromatic heterocycles. The van der Waals surface area contributed by atoms with Crippen LogP contribution in [0.5, 0.6) is 0 Å². The Morgan fingerprint density at radius 3 is 1.42 bits per heavy atom. The van der Waals surface area contributed by atoms with Crippen molar-refractivity contribution in [3.05, 3.63) is 0 Å². The van der Waals surface area contributed by atoms with Crippen molar-refractivity contribution in [2.75, 3.05) is 13.2 Å². The number of ether oxygens (including phenoxy) is 3. The number of hydrogen-bond donors (Lipinski definition) is 2. The lowest BCUT2D eigenvalue weighted by atomic mass is 9.75. The summed E-state index contributed by atoms with van der Waals surface area (Å²) in [5, 5.41) is 17.0. The summed E-state index contributed by atoms with van der Waals surface area (Å²) in [6.45, 7) is -1.32. The number of aliphatic hydroxyl groups is 2. The molecular formula is C18H28F10O5. The molecule has 0 bridgehead atoms. The lowest BCUT2D eigenvalue weighted by molar-refractivity contribution is -0.454. The Kier molecular flexibility index (Phi) is 9.03. The summed E-state index contributed by atoms with van der Waals surface area (Å²) in [4.78, 5) is 0. The number of halogens is 10. The third kappa shape index (κ3) is 6.41. The topological polar surface area (TPSA) is 68.2 Å². The molecule has 0 aliphatic heterocycles. The van der Waals surface area contributed by atoms with Crippen LogP contribution >= 0.6 is 0 Å². The molecular weight excluding hydrogens is 486 g/mol. The van der Waals surface area contributed by atoms with E-state index >= 15 is 0 Å². The third-order valence-electron chi connectivity index (χ3n) is 5.46. The van der Waals surface area contributed by atoms with Crippen LogP contribution in [-0.4, -0.2) is 70.9 Å². The second-order valence-corrected chi connectivity index (χ2v) is 8.93. The average Bonchev–Trinajstić information content (AvgIpc) is 2.58. The largest absolute Gasteiger partial charge is 0.422 e. The van der Waals surface area contributed by atoms with Gasteiger partial charge >= 0.3 is 24.2 Å². The van der Waals surface area contributed by atoms with Gasteiger partial charge in [0.25, 0.3) is 5.92 Å². The zero-order chi connectivity index (χ0) is 27.1. The Balaban J connectivity index is 6.06. The number of alkyl halides is 10. The molecule has 0 saturated carbocycles. The van der Waals surface area contributed by atoms with Crippen molar-refractivity contribution in [3.8, 4) is 0 Å². The minimum atomic E-state index is -5.72. The van der Waals surface area contributed by atoms with Crippen molar-refractivity contribution in [2.45, 2.75) is 95.9 Å². The van der Waals surface area contributed by atoms with Gasteiger partial charge in [0.15, 0.2) is 0 Å². The van der Waals surface area contributed by atoms with Gasteiger partial charge in [0, 0.05) is 0 Å². The van der Waals surface area contributed by atoms with Crippen molar-refractivity contribution in [3.63, 3.8) is 0 Å². The van der Waals surface area contributed by atoms with E-state index in [1.165, 1.54) is 0 Å². The van der Waals surface area contributed by atoms with Gasteiger partial charge in [-0.3, -0.25) is 0 Å². The van der Waals surface area contributed by atoms with Crippen LogP contribution in [0.2, 0.25) is 0 Å². The Bertz CT molecular complexity index is 665. The smallest absolute Gasteiger partial charge is 0.390 e. The molecule has 1 unspecified atom stereocenters. The molecule has 5 nitrogen and oxygen atoms in total. The lowest BCUT2D eigenvalue weighted by Gasteiger charge is -2.49. The fraction of sp³-hybridized carbons (Fsp3) is 1.00. The van der Waals surface area contributed by atoms with Crippen LogP contribution in [0.4, 0.5) is 43.9 Å². The van der Waals surface area contributed by atoms with E-state index in [1.807, 2.05) is 0 Å². The molecule has 15 heteroatoms. The van der Waals surface area contributed by atoms with Crippen molar-refractivity contribution in [1.82, 2.24) is 0 Å². The number of rotatable bonds is 13. The summed E-state index contributed by atoms with van der Waals surface area (Å²) in [5.41, 5.74) is -9.69. The van der Waals surface area contributed by atoms with Gasteiger partial charge in [-0.15, -0.1) is 0 Å². The summed E-state index contributed by atoms with van der Waals surface area (Å²) in [6.07, 6.45) is -17.7. The Hall–Kier alpha value is -0.900. The van der Waals surface area contributed by atoms with Gasteiger partial charge < -0.3 is 24.4 Å². The quantitative estimate of drug-likeness (QED) is 0.337. The van der Waals surface area contributed by atoms with E-state index in [9.17, 15) is 43.9 Å². The maximum absolute atomic E-state index is 14.7. The van der Waals surface area contributed by atoms with Crippen LogP contribution in [0.25, 0.3) is 0 Å². The molecule has 0 aromatic carbocycles. The highest BCUT2D eigenvalue weighted by atomic mass is 19.3. The summed E-state index contributed by atoms with van der Waals surface area (Å²) >= 11 is 0. The first-order valence-corrected chi connectivity index (χ1v) is 9.35. The second-order valence-electron chi connectivity index (χ2n) is 8.93. The molecule has 0 rings (SSSR count). The second kappa shape index (κ2) is 9.28. The van der Waals surface area contributed by atoms with Gasteiger partial charge in [-0.2, -0.15) is 35.1 Å². The number of aliphatic hydroxyl groups excluding tert-OH is 2. The first-order valence-electron chi connectivity index (χ1n) is 9.35. The normalized spacial score (nSPS) is 16.8. The van der Waals surface area contributed by atoms with E-state index in [-0.39, 0.29) is 13.8 Å². The fourth-order valence-electron chi connectivity index (χ4n) is 2.27. The van der Waals surface area contributed by atoms with Gasteiger partial charge in [0.2, 0.25) is 0 Å². The summed E-state index contributed by atoms with van der Waals surface area (Å²) < 4.78 is 152. The molecule has 0 fully saturated rings. The van der Waals surface area contributed by atoms with Crippen molar-refractivity contribution < 1.29 is 68.3 Å². The van der Waals surface area contributed by atoms with Gasteiger partial charge in [-0.05, 0) is 48.5 Å². The first kappa shape index (κ1) is 32.1. The molecule has 0 amide bonds. The molecule has 33 heavy (non-hydrogen) atoms. The van der Waals surface area contributed by atoms with Crippen LogP contribution < -0.4 is 0 Å². The van der Waals surface area contributed by atoms with Crippen LogP contribution in [0.1, 0.15) is 48.5 Å². The molecule has 0 heterocycles. The van der Waals surface area contributed by atoms with E-state index in [0.717, 1.165) is 0 Å². The van der Waals surface area contributed by atoms with E-state index in [0.29, 0.717) is 34.6 Å². The Labute approximate surface area is 184 Å². The van der Waals surface area contributed by atoms with Crippen LogP contribution in [0.3, 0.4) is 0 Å². The Morgan fingerprint density at radius 2 is 1.06 bits per heavy atom. The summed E-state index contributed by atoms with van der Waals surface area (Å²) in [6, 6.07) is 0. The summed E-state index contributed by atoms with van der Waals surface area (Å²) in [5.74, 6) is -9.75. The minimum Gasteiger partial charge on any atom is -0.390 e. The highest BCUT2D eigenvalue weighted by molar-refractivity contribution is 5.00. The van der Waals surface area contributed by atoms with Gasteiger partial charge in [0.1, 0.15) is 24.9 Å². The van der Waals surface area contributed by atoms with Crippen molar-refractivity contribution >= 4 is 0 Å². The zero-order valence-electron chi connectivity index (χ0n) is 18.9. The third-order valence-corrected chi connectivity index (χ3v) is 5.46. The summed E-state index contributed by atoms with van der Waals surface area (Å²) in [7, 11) is 0. The van der Waals surface area contributed by atoms with Gasteiger partial charge in [-0.1, -0.05) is 0 Å². The zero-order valence-corrected chi connectivity index (χ0v) is 18.9. The van der Waals surface area contributed by atoms with Gasteiger partial charge in [0.05, 0.1) is 11.0 Å². The monoisotopic (exact) mass is 514 g/mol. The van der Waals surface area contributed by atoms with E-state index in [4.69, 9.17) is 10.2 Å². The highest BCUT2D eigenvalue weighted by Crippen LogP contribution is 2.54. The molecule has 2 N–H and O–H groups in total. The molecule has 200 valence electrons. The predicted molar refractivity (Wildman–Crippen MR) is 93.6 cm³/mol. The molecule has 0 radical (unpaired) electrons. The Morgan fingerprint density at radius 1 is 0.636 bits per heavy atom. The molecule has 1 atom stereocenters. The SMILES string of the molecule is CC(OC(F)(F)C(C)(C)C(C)(C)OC(F)(F)C(F)(F)C(C)(C)OC(F)(F)CO)C(F)(F)CO. The molecule has 0 aliphatic carbocycles. The maximum atomic E-state index is 14.7. The predicted octanol–water partition coefficient (Wildman–Crippen LogP) is 5.04. The molecule has 0 aliphatic rings. The fourth-order valence-corrected chi connectivity index (χ4v) is 2.27. The average molecular weight is 514 g/mol. The van der Waals surface area contributed by atoms with Crippen LogP contribution in [0, 0.1) is 5.41 Å². The van der Waals surface area contributed by atoms with E-state index in [2.05, 4.69) is 14.2 Å². The highest BCUT2D eigenvalue weighted by Gasteiger charge is 2.72. The van der Waals surface area contributed by atoms with Crippen molar-refractivity contribution in [2.24, 2.45) is 5.41 Å². The first-order chi connectivity index (χ1) is 14.2. The standard InChI is InChI=1S/C18H28F10O5/c1-10(14(19,20)8-29)31-17(25,26)11(2,3)12(4,5)33-18(27,28)16(23,24)13(6,7)32-15(21,22)9-30/h10,29-30H,8-9H2,1-7H3. The van der Waals surface area contributed by atoms with Gasteiger partial charge in [-0.25, -0.2) is 8.78 Å². The molecule has 0 saturated heterocycles. The molecule has 0 spiro atoms. The van der Waals surface area contributed by atoms with E-state index in [1.54, 1.807) is 0 Å².